The molecular formula is C20H21N3OS. The fourth-order valence-electron chi connectivity index (χ4n) is 2.71. The highest BCUT2D eigenvalue weighted by Crippen LogP contribution is 2.35. The maximum absolute atomic E-state index is 12.4. The van der Waals surface area contributed by atoms with Gasteiger partial charge in [-0.2, -0.15) is 5.10 Å². The third-order valence-electron chi connectivity index (χ3n) is 3.86. The van der Waals surface area contributed by atoms with Gasteiger partial charge in [0.05, 0.1) is 16.7 Å². The molecular weight excluding hydrogens is 330 g/mol. The summed E-state index contributed by atoms with van der Waals surface area (Å²) in [7, 11) is 1.83. The van der Waals surface area contributed by atoms with Crippen molar-refractivity contribution in [3.63, 3.8) is 0 Å². The average molecular weight is 351 g/mol. The van der Waals surface area contributed by atoms with Crippen molar-refractivity contribution in [2.45, 2.75) is 12.2 Å². The number of carbonyl (C=O) groups is 1. The highest BCUT2D eigenvalue weighted by Gasteiger charge is 2.16. The molecule has 3 aromatic rings. The van der Waals surface area contributed by atoms with Crippen LogP contribution in [-0.4, -0.2) is 21.4 Å². The molecule has 0 saturated carbocycles. The van der Waals surface area contributed by atoms with Crippen molar-refractivity contribution in [3.05, 3.63) is 83.6 Å². The predicted octanol–water partition coefficient (Wildman–Crippen LogP) is 4.19. The Labute approximate surface area is 152 Å². The highest BCUT2D eigenvalue weighted by atomic mass is 32.2. The number of carbonyl (C=O) groups excluding carboxylic acids is 1. The summed E-state index contributed by atoms with van der Waals surface area (Å²) >= 11 is 1.63. The standard InChI is InChI=1S/C20H21N3OS/c1-15-13-18(23(2)22-15)21-19(24)14-25-20(16-9-5-3-6-10-16)17-11-7-4-8-12-17/h3-13,20H,14H2,1-2H3,(H,21,24). The van der Waals surface area contributed by atoms with E-state index in [4.69, 9.17) is 0 Å². The van der Waals surface area contributed by atoms with Crippen LogP contribution in [0, 0.1) is 6.92 Å². The zero-order valence-electron chi connectivity index (χ0n) is 14.3. The predicted molar refractivity (Wildman–Crippen MR) is 104 cm³/mol. The number of thioether (sulfide) groups is 1. The van der Waals surface area contributed by atoms with Gasteiger partial charge in [0, 0.05) is 13.1 Å². The molecule has 0 aliphatic heterocycles. The number of nitrogens with zero attached hydrogens (tertiary/aromatic N) is 2. The second kappa shape index (κ2) is 8.03. The van der Waals surface area contributed by atoms with E-state index < -0.39 is 0 Å². The molecule has 0 saturated heterocycles. The molecule has 0 atom stereocenters. The van der Waals surface area contributed by atoms with Gasteiger partial charge in [-0.3, -0.25) is 9.48 Å². The van der Waals surface area contributed by atoms with E-state index in [-0.39, 0.29) is 11.2 Å². The highest BCUT2D eigenvalue weighted by molar-refractivity contribution is 8.00. The Kier molecular flexibility index (Phi) is 5.56. The number of nitrogens with one attached hydrogen (secondary N) is 1. The third-order valence-corrected chi connectivity index (χ3v) is 5.16. The molecule has 1 heterocycles. The van der Waals surface area contributed by atoms with Gasteiger partial charge < -0.3 is 5.32 Å². The zero-order chi connectivity index (χ0) is 17.6. The van der Waals surface area contributed by atoms with Crippen LogP contribution in [-0.2, 0) is 11.8 Å². The summed E-state index contributed by atoms with van der Waals surface area (Å²) in [5.74, 6) is 1.07. The molecule has 1 aromatic heterocycles. The summed E-state index contributed by atoms with van der Waals surface area (Å²) in [6.45, 7) is 1.91. The minimum absolute atomic E-state index is 0.0233. The largest absolute Gasteiger partial charge is 0.310 e. The van der Waals surface area contributed by atoms with Gasteiger partial charge in [-0.05, 0) is 18.1 Å². The van der Waals surface area contributed by atoms with Gasteiger partial charge in [0.2, 0.25) is 5.91 Å². The first-order valence-corrected chi connectivity index (χ1v) is 9.20. The van der Waals surface area contributed by atoms with Crippen molar-refractivity contribution < 1.29 is 4.79 Å². The summed E-state index contributed by atoms with van der Waals surface area (Å²) < 4.78 is 1.68. The Balaban J connectivity index is 1.71. The van der Waals surface area contributed by atoms with Gasteiger partial charge in [0.25, 0.3) is 0 Å². The van der Waals surface area contributed by atoms with E-state index in [9.17, 15) is 4.79 Å². The smallest absolute Gasteiger partial charge is 0.235 e. The maximum Gasteiger partial charge on any atom is 0.235 e. The fraction of sp³-hybridized carbons (Fsp3) is 0.200. The SMILES string of the molecule is Cc1cc(NC(=O)CSC(c2ccccc2)c2ccccc2)n(C)n1. The van der Waals surface area contributed by atoms with Crippen LogP contribution in [0.4, 0.5) is 5.82 Å². The van der Waals surface area contributed by atoms with Gasteiger partial charge >= 0.3 is 0 Å². The number of benzene rings is 2. The molecule has 0 spiro atoms. The van der Waals surface area contributed by atoms with Crippen LogP contribution >= 0.6 is 11.8 Å². The first-order valence-electron chi connectivity index (χ1n) is 8.15. The van der Waals surface area contributed by atoms with E-state index in [1.165, 1.54) is 11.1 Å². The van der Waals surface area contributed by atoms with Crippen molar-refractivity contribution in [1.82, 2.24) is 9.78 Å². The number of aromatic nitrogens is 2. The van der Waals surface area contributed by atoms with Crippen molar-refractivity contribution in [3.8, 4) is 0 Å². The summed E-state index contributed by atoms with van der Waals surface area (Å²) in [4.78, 5) is 12.4. The van der Waals surface area contributed by atoms with Gasteiger partial charge in [-0.15, -0.1) is 11.8 Å². The molecule has 25 heavy (non-hydrogen) atoms. The molecule has 0 aliphatic rings. The molecule has 0 fully saturated rings. The molecule has 5 heteroatoms. The van der Waals surface area contributed by atoms with Gasteiger partial charge in [0.15, 0.2) is 0 Å². The molecule has 0 unspecified atom stereocenters. The third kappa shape index (κ3) is 4.51. The lowest BCUT2D eigenvalue weighted by Gasteiger charge is -2.17. The molecule has 0 bridgehead atoms. The van der Waals surface area contributed by atoms with E-state index in [1.54, 1.807) is 16.4 Å². The molecule has 128 valence electrons. The Bertz CT molecular complexity index is 791. The Morgan fingerprint density at radius 3 is 2.12 bits per heavy atom. The van der Waals surface area contributed by atoms with Crippen molar-refractivity contribution in [1.29, 1.82) is 0 Å². The quantitative estimate of drug-likeness (QED) is 0.724. The topological polar surface area (TPSA) is 46.9 Å². The molecule has 0 aliphatic carbocycles. The van der Waals surface area contributed by atoms with Crippen LogP contribution in [0.15, 0.2) is 66.7 Å². The second-order valence-corrected chi connectivity index (χ2v) is 6.95. The van der Waals surface area contributed by atoms with Crippen molar-refractivity contribution in [2.75, 3.05) is 11.1 Å². The number of rotatable bonds is 6. The van der Waals surface area contributed by atoms with Crippen LogP contribution in [0.5, 0.6) is 0 Å². The van der Waals surface area contributed by atoms with E-state index in [2.05, 4.69) is 34.7 Å². The second-order valence-electron chi connectivity index (χ2n) is 5.86. The van der Waals surface area contributed by atoms with Crippen LogP contribution in [0.25, 0.3) is 0 Å². The summed E-state index contributed by atoms with van der Waals surface area (Å²) in [5, 5.41) is 7.31. The van der Waals surface area contributed by atoms with E-state index in [1.807, 2.05) is 56.4 Å². The Morgan fingerprint density at radius 1 is 1.08 bits per heavy atom. The minimum atomic E-state index is -0.0233. The van der Waals surface area contributed by atoms with Gasteiger partial charge in [-0.1, -0.05) is 60.7 Å². The molecule has 1 N–H and O–H groups in total. The van der Waals surface area contributed by atoms with E-state index in [0.29, 0.717) is 5.75 Å². The number of hydrogen-bond acceptors (Lipinski definition) is 3. The lowest BCUT2D eigenvalue weighted by Crippen LogP contribution is -2.17. The molecule has 1 amide bonds. The maximum atomic E-state index is 12.4. The Morgan fingerprint density at radius 2 is 1.64 bits per heavy atom. The molecule has 4 nitrogen and oxygen atoms in total. The van der Waals surface area contributed by atoms with Gasteiger partial charge in [0.1, 0.15) is 5.82 Å². The van der Waals surface area contributed by atoms with Gasteiger partial charge in [-0.25, -0.2) is 0 Å². The Hall–Kier alpha value is -2.53. The molecule has 0 radical (unpaired) electrons. The van der Waals surface area contributed by atoms with Crippen LogP contribution in [0.2, 0.25) is 0 Å². The lowest BCUT2D eigenvalue weighted by atomic mass is 10.0. The summed E-state index contributed by atoms with van der Waals surface area (Å²) in [5.41, 5.74) is 3.28. The first kappa shape index (κ1) is 17.3. The molecule has 3 rings (SSSR count). The normalized spacial score (nSPS) is 10.8. The van der Waals surface area contributed by atoms with E-state index >= 15 is 0 Å². The number of amides is 1. The fourth-order valence-corrected chi connectivity index (χ4v) is 3.80. The van der Waals surface area contributed by atoms with Crippen molar-refractivity contribution in [2.24, 2.45) is 7.05 Å². The zero-order valence-corrected chi connectivity index (χ0v) is 15.2. The monoisotopic (exact) mass is 351 g/mol. The van der Waals surface area contributed by atoms with E-state index in [0.717, 1.165) is 11.5 Å². The van der Waals surface area contributed by atoms with Crippen LogP contribution in [0.1, 0.15) is 22.1 Å². The number of hydrogen-bond donors (Lipinski definition) is 1. The number of anilines is 1. The minimum Gasteiger partial charge on any atom is -0.310 e. The summed E-state index contributed by atoms with van der Waals surface area (Å²) in [6.07, 6.45) is 0. The van der Waals surface area contributed by atoms with Crippen LogP contribution < -0.4 is 5.32 Å². The molecule has 2 aromatic carbocycles. The number of aryl methyl sites for hydroxylation is 2. The van der Waals surface area contributed by atoms with Crippen LogP contribution in [0.3, 0.4) is 0 Å². The van der Waals surface area contributed by atoms with Crippen molar-refractivity contribution >= 4 is 23.5 Å². The lowest BCUT2D eigenvalue weighted by molar-refractivity contribution is -0.113. The first-order chi connectivity index (χ1) is 12.1. The average Bonchev–Trinajstić information content (AvgIpc) is 2.94. The summed E-state index contributed by atoms with van der Waals surface area (Å²) in [6, 6.07) is 22.4.